The molecule has 0 spiro atoms. The van der Waals surface area contributed by atoms with Crippen LogP contribution in [0.15, 0.2) is 47.8 Å². The van der Waals surface area contributed by atoms with Crippen LogP contribution in [0.25, 0.3) is 5.82 Å². The van der Waals surface area contributed by atoms with Crippen molar-refractivity contribution in [3.05, 3.63) is 40.0 Å². The van der Waals surface area contributed by atoms with Crippen molar-refractivity contribution in [1.29, 1.82) is 0 Å². The summed E-state index contributed by atoms with van der Waals surface area (Å²) in [7, 11) is -3.15. The van der Waals surface area contributed by atoms with Crippen LogP contribution >= 0.6 is 10.8 Å². The lowest BCUT2D eigenvalue weighted by Crippen LogP contribution is -2.14. The lowest BCUT2D eigenvalue weighted by Gasteiger charge is -2.21. The van der Waals surface area contributed by atoms with Crippen LogP contribution < -0.4 is 11.1 Å². The van der Waals surface area contributed by atoms with Crippen LogP contribution in [0.2, 0.25) is 0 Å². The molecule has 2 aromatic rings. The fraction of sp³-hybridized carbons (Fsp3) is 0.100. The van der Waals surface area contributed by atoms with Gasteiger partial charge in [0.05, 0.1) is 5.41 Å². The van der Waals surface area contributed by atoms with Crippen LogP contribution in [0, 0.1) is 0 Å². The average molecular weight is 326 g/mol. The van der Waals surface area contributed by atoms with E-state index in [-0.39, 0.29) is 18.2 Å². The molecule has 12 heteroatoms. The summed E-state index contributed by atoms with van der Waals surface area (Å²) in [5.74, 6) is -0.497. The smallest absolute Gasteiger partial charge is 0.360 e. The van der Waals surface area contributed by atoms with Crippen LogP contribution in [0.4, 0.5) is 5.82 Å². The molecule has 0 saturated heterocycles. The third kappa shape index (κ3) is 2.98. The highest BCUT2D eigenvalue weighted by molar-refractivity contribution is 8.25. The Balaban J connectivity index is 1.79. The van der Waals surface area contributed by atoms with Gasteiger partial charge in [0, 0.05) is 12.8 Å². The zero-order valence-electron chi connectivity index (χ0n) is 10.9. The van der Waals surface area contributed by atoms with Gasteiger partial charge >= 0.3 is 5.76 Å². The van der Waals surface area contributed by atoms with E-state index in [9.17, 15) is 13.9 Å². The van der Waals surface area contributed by atoms with Crippen LogP contribution in [0.5, 0.6) is 0 Å². The molecule has 1 aliphatic rings. The second kappa shape index (κ2) is 5.59. The Bertz CT molecular complexity index is 816. The Hall–Kier alpha value is -2.70. The number of aromatic nitrogens is 4. The standard InChI is InChI=1S/C10H10N6O5S/c17-10-16(6-12-20-10)9-8(14-21-15-9)11-4-7-2-1-3-13-22(18,19)5-7/h1-3,5-6,18-19H,4H2,(H,11,14). The maximum absolute atomic E-state index is 11.4. The first-order chi connectivity index (χ1) is 10.6. The van der Waals surface area contributed by atoms with Crippen molar-refractivity contribution < 1.29 is 18.3 Å². The summed E-state index contributed by atoms with van der Waals surface area (Å²) in [4.78, 5) is 11.4. The van der Waals surface area contributed by atoms with E-state index in [1.54, 1.807) is 12.2 Å². The molecule has 3 heterocycles. The molecule has 0 radical (unpaired) electrons. The predicted octanol–water partition coefficient (Wildman–Crippen LogP) is 0.810. The zero-order valence-corrected chi connectivity index (χ0v) is 11.7. The van der Waals surface area contributed by atoms with Crippen LogP contribution in [-0.4, -0.2) is 41.9 Å². The van der Waals surface area contributed by atoms with E-state index in [1.807, 2.05) is 0 Å². The van der Waals surface area contributed by atoms with Crippen molar-refractivity contribution in [3.63, 3.8) is 0 Å². The summed E-state index contributed by atoms with van der Waals surface area (Å²) in [5.41, 5.74) is 0.559. The molecule has 2 aromatic heterocycles. The second-order valence-electron chi connectivity index (χ2n) is 4.11. The van der Waals surface area contributed by atoms with Crippen LogP contribution in [-0.2, 0) is 0 Å². The van der Waals surface area contributed by atoms with Gasteiger partial charge in [0.1, 0.15) is 6.33 Å². The molecule has 0 aliphatic carbocycles. The number of hydrogen-bond acceptors (Lipinski definition) is 10. The Morgan fingerprint density at radius 2 is 2.23 bits per heavy atom. The first-order valence-electron chi connectivity index (χ1n) is 5.86. The molecule has 11 nitrogen and oxygen atoms in total. The third-order valence-electron chi connectivity index (χ3n) is 2.57. The van der Waals surface area contributed by atoms with Gasteiger partial charge in [-0.15, -0.1) is 0 Å². The normalized spacial score (nSPS) is 17.8. The van der Waals surface area contributed by atoms with Gasteiger partial charge in [-0.3, -0.25) is 13.6 Å². The monoisotopic (exact) mass is 326 g/mol. The Labute approximate surface area is 124 Å². The molecule has 0 unspecified atom stereocenters. The summed E-state index contributed by atoms with van der Waals surface area (Å²) in [6.07, 6.45) is 5.65. The summed E-state index contributed by atoms with van der Waals surface area (Å²) in [6, 6.07) is 0. The van der Waals surface area contributed by atoms with Gasteiger partial charge in [0.25, 0.3) is 0 Å². The number of anilines is 1. The minimum Gasteiger partial charge on any atom is -0.360 e. The highest BCUT2D eigenvalue weighted by atomic mass is 32.3. The molecular weight excluding hydrogens is 316 g/mol. The topological polar surface area (TPSA) is 152 Å². The van der Waals surface area contributed by atoms with Gasteiger partial charge in [-0.2, -0.15) is 4.40 Å². The molecule has 22 heavy (non-hydrogen) atoms. The fourth-order valence-corrected chi connectivity index (χ4v) is 2.53. The van der Waals surface area contributed by atoms with Gasteiger partial charge in [-0.25, -0.2) is 14.0 Å². The van der Waals surface area contributed by atoms with E-state index < -0.39 is 16.5 Å². The number of hydrogen-bond donors (Lipinski definition) is 3. The summed E-state index contributed by atoms with van der Waals surface area (Å²) in [5, 5.41) is 14.7. The second-order valence-corrected chi connectivity index (χ2v) is 5.67. The summed E-state index contributed by atoms with van der Waals surface area (Å²) < 4.78 is 32.8. The van der Waals surface area contributed by atoms with Crippen LogP contribution in [0.3, 0.4) is 0 Å². The molecule has 0 aromatic carbocycles. The van der Waals surface area contributed by atoms with E-state index in [1.165, 1.54) is 11.6 Å². The van der Waals surface area contributed by atoms with Crippen molar-refractivity contribution in [2.75, 3.05) is 11.9 Å². The summed E-state index contributed by atoms with van der Waals surface area (Å²) >= 11 is 0. The Morgan fingerprint density at radius 1 is 1.36 bits per heavy atom. The Morgan fingerprint density at radius 3 is 3.00 bits per heavy atom. The number of nitrogens with zero attached hydrogens (tertiary/aromatic N) is 5. The van der Waals surface area contributed by atoms with E-state index in [2.05, 4.69) is 34.3 Å². The molecule has 1 aliphatic heterocycles. The maximum Gasteiger partial charge on any atom is 0.447 e. The highest BCUT2D eigenvalue weighted by Gasteiger charge is 2.16. The van der Waals surface area contributed by atoms with Crippen molar-refractivity contribution in [1.82, 2.24) is 20.0 Å². The molecule has 0 fully saturated rings. The van der Waals surface area contributed by atoms with Crippen molar-refractivity contribution in [2.24, 2.45) is 4.40 Å². The van der Waals surface area contributed by atoms with E-state index in [0.29, 0.717) is 5.57 Å². The molecule has 116 valence electrons. The minimum atomic E-state index is -3.15. The summed E-state index contributed by atoms with van der Waals surface area (Å²) in [6.45, 7) is 0.178. The zero-order chi connectivity index (χ0) is 15.6. The number of nitrogens with one attached hydrogen (secondary N) is 1. The first kappa shape index (κ1) is 14.2. The molecule has 3 N–H and O–H groups in total. The SMILES string of the molecule is O=c1oncn1-c1nonc1NCC1=CS(O)(O)N=CC=C1. The highest BCUT2D eigenvalue weighted by Crippen LogP contribution is 2.43. The van der Waals surface area contributed by atoms with Crippen molar-refractivity contribution in [2.45, 2.75) is 0 Å². The Kier molecular flexibility index (Phi) is 3.62. The van der Waals surface area contributed by atoms with Gasteiger partial charge in [-0.05, 0) is 22.0 Å². The van der Waals surface area contributed by atoms with E-state index >= 15 is 0 Å². The average Bonchev–Trinajstić information content (AvgIpc) is 3.04. The molecule has 0 saturated carbocycles. The number of allylic oxidation sites excluding steroid dienone is 1. The van der Waals surface area contributed by atoms with Gasteiger partial charge in [0.2, 0.25) is 11.6 Å². The molecule has 3 rings (SSSR count). The minimum absolute atomic E-state index is 0.0762. The molecule has 0 amide bonds. The van der Waals surface area contributed by atoms with Crippen molar-refractivity contribution in [3.8, 4) is 5.82 Å². The maximum atomic E-state index is 11.4. The largest absolute Gasteiger partial charge is 0.447 e. The fourth-order valence-electron chi connectivity index (χ4n) is 1.65. The van der Waals surface area contributed by atoms with Gasteiger partial charge in [0.15, 0.2) is 0 Å². The first-order valence-corrected chi connectivity index (χ1v) is 7.43. The van der Waals surface area contributed by atoms with Crippen LogP contribution in [0.1, 0.15) is 0 Å². The number of rotatable bonds is 4. The molecular formula is C10H10N6O5S. The quantitative estimate of drug-likeness (QED) is 0.740. The van der Waals surface area contributed by atoms with Gasteiger partial charge in [-0.1, -0.05) is 22.0 Å². The lowest BCUT2D eigenvalue weighted by molar-refractivity contribution is 0.306. The third-order valence-corrected chi connectivity index (χ3v) is 3.62. The van der Waals surface area contributed by atoms with E-state index in [4.69, 9.17) is 0 Å². The molecule has 0 bridgehead atoms. The van der Waals surface area contributed by atoms with E-state index in [0.717, 1.165) is 10.9 Å². The van der Waals surface area contributed by atoms with Crippen molar-refractivity contribution >= 4 is 22.8 Å². The molecule has 0 atom stereocenters. The van der Waals surface area contributed by atoms with Gasteiger partial charge < -0.3 is 5.32 Å². The predicted molar refractivity (Wildman–Crippen MR) is 77.0 cm³/mol. The lowest BCUT2D eigenvalue weighted by atomic mass is 10.3.